The van der Waals surface area contributed by atoms with Crippen LogP contribution in [-0.2, 0) is 9.59 Å². The van der Waals surface area contributed by atoms with Gasteiger partial charge in [-0.15, -0.1) is 0 Å². The van der Waals surface area contributed by atoms with E-state index >= 15 is 0 Å². The van der Waals surface area contributed by atoms with Crippen molar-refractivity contribution in [3.05, 3.63) is 30.6 Å². The van der Waals surface area contributed by atoms with E-state index in [4.69, 9.17) is 0 Å². The number of H-pyrrole nitrogens is 1. The highest BCUT2D eigenvalue weighted by Crippen LogP contribution is 2.40. The molecule has 2 aromatic rings. The molecule has 1 aliphatic carbocycles. The van der Waals surface area contributed by atoms with Gasteiger partial charge in [-0.3, -0.25) is 14.7 Å². The Kier molecular flexibility index (Phi) is 4.26. The number of rotatable bonds is 3. The predicted octanol–water partition coefficient (Wildman–Crippen LogP) is 3.35. The molecule has 1 fully saturated rings. The summed E-state index contributed by atoms with van der Waals surface area (Å²) in [6, 6.07) is 5.88. The summed E-state index contributed by atoms with van der Waals surface area (Å²) in [5.74, 6) is 0.681. The van der Waals surface area contributed by atoms with E-state index in [0.29, 0.717) is 18.9 Å². The maximum absolute atomic E-state index is 13.0. The number of anilines is 2. The van der Waals surface area contributed by atoms with Gasteiger partial charge in [-0.05, 0) is 43.4 Å². The molecule has 1 atom stereocenters. The number of fused-ring (bicyclic) bond motifs is 1. The standard InChI is InChI=1S/C20H24N4O2/c1-13-12-23(20(26)8-15-4-3-5-15)19-9-16(17-10-21-22-11-17)6-7-18(19)24(13)14(2)25/h6-7,9-11,13,15H,3-5,8,12H2,1-2H3,(H,21,22). The van der Waals surface area contributed by atoms with Crippen LogP contribution in [0.4, 0.5) is 11.4 Å². The largest absolute Gasteiger partial charge is 0.308 e. The van der Waals surface area contributed by atoms with Gasteiger partial charge in [0, 0.05) is 31.6 Å². The molecule has 6 heteroatoms. The first-order valence-electron chi connectivity index (χ1n) is 9.28. The van der Waals surface area contributed by atoms with Crippen LogP contribution in [0, 0.1) is 5.92 Å². The Morgan fingerprint density at radius 2 is 2.04 bits per heavy atom. The SMILES string of the molecule is CC(=O)N1c2ccc(-c3cn[nH]c3)cc2N(C(=O)CC2CCC2)CC1C. The number of nitrogens with zero attached hydrogens (tertiary/aromatic N) is 3. The van der Waals surface area contributed by atoms with E-state index in [-0.39, 0.29) is 17.9 Å². The van der Waals surface area contributed by atoms with Crippen LogP contribution in [0.1, 0.15) is 39.5 Å². The van der Waals surface area contributed by atoms with Crippen LogP contribution in [-0.4, -0.2) is 34.6 Å². The molecule has 0 spiro atoms. The molecule has 1 saturated carbocycles. The average Bonchev–Trinajstić information content (AvgIpc) is 3.11. The van der Waals surface area contributed by atoms with Gasteiger partial charge in [0.05, 0.1) is 23.6 Å². The van der Waals surface area contributed by atoms with E-state index < -0.39 is 0 Å². The average molecular weight is 352 g/mol. The maximum atomic E-state index is 13.0. The summed E-state index contributed by atoms with van der Waals surface area (Å²) in [6.45, 7) is 4.11. The first kappa shape index (κ1) is 16.8. The summed E-state index contributed by atoms with van der Waals surface area (Å²) in [7, 11) is 0. The zero-order chi connectivity index (χ0) is 18.3. The summed E-state index contributed by atoms with van der Waals surface area (Å²) in [6.07, 6.45) is 7.72. The topological polar surface area (TPSA) is 69.3 Å². The Labute approximate surface area is 153 Å². The molecule has 2 heterocycles. The van der Waals surface area contributed by atoms with Crippen LogP contribution >= 0.6 is 0 Å². The first-order chi connectivity index (χ1) is 12.5. The molecule has 0 saturated heterocycles. The van der Waals surface area contributed by atoms with E-state index in [1.807, 2.05) is 36.2 Å². The normalized spacial score (nSPS) is 19.8. The van der Waals surface area contributed by atoms with E-state index in [0.717, 1.165) is 35.3 Å². The number of amides is 2. The molecule has 0 radical (unpaired) electrons. The van der Waals surface area contributed by atoms with Crippen LogP contribution in [0.5, 0.6) is 0 Å². The minimum atomic E-state index is -0.0369. The molecule has 0 bridgehead atoms. The van der Waals surface area contributed by atoms with Crippen molar-refractivity contribution in [3.63, 3.8) is 0 Å². The number of carbonyl (C=O) groups is 2. The van der Waals surface area contributed by atoms with Gasteiger partial charge in [0.15, 0.2) is 0 Å². The number of carbonyl (C=O) groups excluding carboxylic acids is 2. The Bertz CT molecular complexity index is 826. The van der Waals surface area contributed by atoms with Crippen molar-refractivity contribution in [2.24, 2.45) is 5.92 Å². The lowest BCUT2D eigenvalue weighted by atomic mass is 9.82. The molecule has 1 unspecified atom stereocenters. The van der Waals surface area contributed by atoms with Crippen LogP contribution in [0.3, 0.4) is 0 Å². The van der Waals surface area contributed by atoms with E-state index in [2.05, 4.69) is 10.2 Å². The highest BCUT2D eigenvalue weighted by atomic mass is 16.2. The van der Waals surface area contributed by atoms with Gasteiger partial charge in [0.2, 0.25) is 11.8 Å². The molecule has 2 amide bonds. The van der Waals surface area contributed by atoms with Crippen molar-refractivity contribution >= 4 is 23.2 Å². The molecule has 1 aromatic heterocycles. The third-order valence-corrected chi connectivity index (χ3v) is 5.57. The van der Waals surface area contributed by atoms with E-state index in [1.54, 1.807) is 18.0 Å². The molecule has 2 aliphatic rings. The Hall–Kier alpha value is -2.63. The predicted molar refractivity (Wildman–Crippen MR) is 101 cm³/mol. The lowest BCUT2D eigenvalue weighted by Crippen LogP contribution is -2.51. The number of nitrogens with one attached hydrogen (secondary N) is 1. The third-order valence-electron chi connectivity index (χ3n) is 5.57. The molecular weight excluding hydrogens is 328 g/mol. The lowest BCUT2D eigenvalue weighted by Gasteiger charge is -2.41. The quantitative estimate of drug-likeness (QED) is 0.921. The van der Waals surface area contributed by atoms with Crippen molar-refractivity contribution in [2.75, 3.05) is 16.3 Å². The van der Waals surface area contributed by atoms with Crippen molar-refractivity contribution in [2.45, 2.75) is 45.6 Å². The zero-order valence-corrected chi connectivity index (χ0v) is 15.2. The van der Waals surface area contributed by atoms with Crippen LogP contribution < -0.4 is 9.80 Å². The Balaban J connectivity index is 1.74. The second kappa shape index (κ2) is 6.59. The molecule has 6 nitrogen and oxygen atoms in total. The zero-order valence-electron chi connectivity index (χ0n) is 15.2. The molecule has 26 heavy (non-hydrogen) atoms. The fourth-order valence-corrected chi connectivity index (χ4v) is 3.98. The maximum Gasteiger partial charge on any atom is 0.227 e. The van der Waals surface area contributed by atoms with Crippen LogP contribution in [0.15, 0.2) is 30.6 Å². The van der Waals surface area contributed by atoms with Gasteiger partial charge in [-0.1, -0.05) is 12.5 Å². The highest BCUT2D eigenvalue weighted by molar-refractivity contribution is 6.04. The smallest absolute Gasteiger partial charge is 0.227 e. The Morgan fingerprint density at radius 3 is 2.65 bits per heavy atom. The van der Waals surface area contributed by atoms with Gasteiger partial charge in [0.1, 0.15) is 0 Å². The second-order valence-corrected chi connectivity index (χ2v) is 7.43. The summed E-state index contributed by atoms with van der Waals surface area (Å²) >= 11 is 0. The van der Waals surface area contributed by atoms with Gasteiger partial charge >= 0.3 is 0 Å². The third kappa shape index (κ3) is 2.89. The van der Waals surface area contributed by atoms with Crippen LogP contribution in [0.25, 0.3) is 11.1 Å². The summed E-state index contributed by atoms with van der Waals surface area (Å²) < 4.78 is 0. The van der Waals surface area contributed by atoms with Crippen molar-refractivity contribution < 1.29 is 9.59 Å². The molecular formula is C20H24N4O2. The van der Waals surface area contributed by atoms with Crippen molar-refractivity contribution in [3.8, 4) is 11.1 Å². The minimum absolute atomic E-state index is 0.000836. The fourth-order valence-electron chi connectivity index (χ4n) is 3.98. The molecule has 1 aromatic carbocycles. The first-order valence-corrected chi connectivity index (χ1v) is 9.28. The Morgan fingerprint density at radius 1 is 1.23 bits per heavy atom. The van der Waals surface area contributed by atoms with Gasteiger partial charge in [-0.2, -0.15) is 5.10 Å². The van der Waals surface area contributed by atoms with E-state index in [1.165, 1.54) is 6.42 Å². The number of hydrogen-bond donors (Lipinski definition) is 1. The summed E-state index contributed by atoms with van der Waals surface area (Å²) in [4.78, 5) is 28.9. The lowest BCUT2D eigenvalue weighted by molar-refractivity contribution is -0.121. The molecule has 1 N–H and O–H groups in total. The molecule has 4 rings (SSSR count). The number of benzene rings is 1. The van der Waals surface area contributed by atoms with Gasteiger partial charge in [0.25, 0.3) is 0 Å². The second-order valence-electron chi connectivity index (χ2n) is 7.43. The number of aromatic nitrogens is 2. The van der Waals surface area contributed by atoms with Crippen molar-refractivity contribution in [1.29, 1.82) is 0 Å². The molecule has 136 valence electrons. The fraction of sp³-hybridized carbons (Fsp3) is 0.450. The van der Waals surface area contributed by atoms with E-state index in [9.17, 15) is 9.59 Å². The summed E-state index contributed by atoms with van der Waals surface area (Å²) in [5, 5.41) is 6.83. The van der Waals surface area contributed by atoms with Gasteiger partial charge in [-0.25, -0.2) is 0 Å². The number of aromatic amines is 1. The minimum Gasteiger partial charge on any atom is -0.308 e. The van der Waals surface area contributed by atoms with Crippen LogP contribution in [0.2, 0.25) is 0 Å². The monoisotopic (exact) mass is 352 g/mol. The highest BCUT2D eigenvalue weighted by Gasteiger charge is 2.35. The molecule has 1 aliphatic heterocycles. The van der Waals surface area contributed by atoms with Crippen molar-refractivity contribution in [1.82, 2.24) is 10.2 Å². The summed E-state index contributed by atoms with van der Waals surface area (Å²) in [5.41, 5.74) is 3.58. The van der Waals surface area contributed by atoms with Gasteiger partial charge < -0.3 is 9.80 Å². The number of hydrogen-bond acceptors (Lipinski definition) is 3.